The second-order valence-electron chi connectivity index (χ2n) is 5.04. The molecule has 0 aliphatic carbocycles. The second kappa shape index (κ2) is 4.56. The lowest BCUT2D eigenvalue weighted by Gasteiger charge is -2.15. The van der Waals surface area contributed by atoms with Crippen LogP contribution in [0.15, 0.2) is 17.9 Å². The Morgan fingerprint density at radius 3 is 2.11 bits per heavy atom. The first kappa shape index (κ1) is 13.9. The first-order chi connectivity index (χ1) is 8.24. The Balaban J connectivity index is 2.71. The van der Waals surface area contributed by atoms with Crippen LogP contribution in [0.4, 0.5) is 0 Å². The normalized spacial score (nSPS) is 18.6. The van der Waals surface area contributed by atoms with Gasteiger partial charge in [-0.1, -0.05) is 11.8 Å². The van der Waals surface area contributed by atoms with Crippen LogP contribution in [0.25, 0.3) is 5.57 Å². The van der Waals surface area contributed by atoms with Crippen molar-refractivity contribution in [1.82, 2.24) is 0 Å². The van der Waals surface area contributed by atoms with E-state index in [0.29, 0.717) is 5.57 Å². The highest BCUT2D eigenvalue weighted by Crippen LogP contribution is 2.46. The van der Waals surface area contributed by atoms with Crippen molar-refractivity contribution in [3.63, 3.8) is 0 Å². The number of thioether (sulfide) groups is 1. The zero-order chi connectivity index (χ0) is 13.7. The Labute approximate surface area is 125 Å². The van der Waals surface area contributed by atoms with Crippen LogP contribution >= 0.6 is 34.4 Å². The Morgan fingerprint density at radius 1 is 1.22 bits per heavy atom. The monoisotopic (exact) mass is 374 g/mol. The van der Waals surface area contributed by atoms with Crippen molar-refractivity contribution in [1.29, 1.82) is 0 Å². The molecule has 2 nitrogen and oxygen atoms in total. The third-order valence-electron chi connectivity index (χ3n) is 3.11. The Morgan fingerprint density at radius 2 is 1.72 bits per heavy atom. The van der Waals surface area contributed by atoms with E-state index in [4.69, 9.17) is 0 Å². The van der Waals surface area contributed by atoms with Gasteiger partial charge in [-0.2, -0.15) is 0 Å². The van der Waals surface area contributed by atoms with Crippen LogP contribution in [0.5, 0.6) is 0 Å². The van der Waals surface area contributed by atoms with E-state index in [2.05, 4.69) is 22.6 Å². The van der Waals surface area contributed by atoms with E-state index in [1.807, 2.05) is 39.8 Å². The van der Waals surface area contributed by atoms with Crippen molar-refractivity contribution in [3.05, 3.63) is 38.2 Å². The van der Waals surface area contributed by atoms with Gasteiger partial charge in [0.2, 0.25) is 5.12 Å². The van der Waals surface area contributed by atoms with Gasteiger partial charge in [0.1, 0.15) is 5.76 Å². The number of halogens is 1. The predicted molar refractivity (Wildman–Crippen MR) is 84.9 cm³/mol. The number of aliphatic hydroxyl groups excluding tert-OH is 1. The fourth-order valence-electron chi connectivity index (χ4n) is 2.25. The highest BCUT2D eigenvalue weighted by molar-refractivity contribution is 14.1. The average molecular weight is 374 g/mol. The molecule has 18 heavy (non-hydrogen) atoms. The quantitative estimate of drug-likeness (QED) is 0.748. The van der Waals surface area contributed by atoms with E-state index < -0.39 is 4.75 Å². The van der Waals surface area contributed by atoms with Crippen LogP contribution < -0.4 is 0 Å². The first-order valence-electron chi connectivity index (χ1n) is 5.68. The van der Waals surface area contributed by atoms with E-state index >= 15 is 0 Å². The minimum absolute atomic E-state index is 0.0371. The number of benzene rings is 1. The van der Waals surface area contributed by atoms with Crippen LogP contribution in [0, 0.1) is 17.4 Å². The molecule has 1 aliphatic heterocycles. The molecule has 0 atom stereocenters. The fourth-order valence-corrected chi connectivity index (χ4v) is 4.15. The van der Waals surface area contributed by atoms with Crippen molar-refractivity contribution in [2.45, 2.75) is 32.4 Å². The van der Waals surface area contributed by atoms with E-state index in [1.165, 1.54) is 11.8 Å². The van der Waals surface area contributed by atoms with Crippen molar-refractivity contribution in [2.75, 3.05) is 0 Å². The number of aliphatic hydroxyl groups is 1. The van der Waals surface area contributed by atoms with Gasteiger partial charge in [0.15, 0.2) is 0 Å². The molecular formula is C14H15IO2S. The molecule has 0 saturated heterocycles. The summed E-state index contributed by atoms with van der Waals surface area (Å²) in [5.74, 6) is 0.199. The smallest absolute Gasteiger partial charge is 0.224 e. The Kier molecular flexibility index (Phi) is 3.53. The van der Waals surface area contributed by atoms with Gasteiger partial charge >= 0.3 is 0 Å². The molecule has 0 unspecified atom stereocenters. The standard InChI is InChI=1S/C14H15IO2S/c1-7-5-9(15)6-8(2)10(7)11-12(16)14(3,4)18-13(11)17/h5-6,16H,1-4H3. The molecule has 1 aromatic rings. The molecule has 1 N–H and O–H groups in total. The summed E-state index contributed by atoms with van der Waals surface area (Å²) in [6.07, 6.45) is 0. The molecule has 0 saturated carbocycles. The highest BCUT2D eigenvalue weighted by Gasteiger charge is 2.41. The first-order valence-corrected chi connectivity index (χ1v) is 7.57. The SMILES string of the molecule is Cc1cc(I)cc(C)c1C1=C(O)C(C)(C)SC1=O. The van der Waals surface area contributed by atoms with E-state index in [9.17, 15) is 9.90 Å². The van der Waals surface area contributed by atoms with Crippen LogP contribution in [0.3, 0.4) is 0 Å². The maximum absolute atomic E-state index is 12.1. The molecule has 0 amide bonds. The zero-order valence-corrected chi connectivity index (χ0v) is 13.8. The lowest BCUT2D eigenvalue weighted by molar-refractivity contribution is -0.106. The Hall–Kier alpha value is -0.490. The topological polar surface area (TPSA) is 37.3 Å². The number of hydrogen-bond donors (Lipinski definition) is 1. The molecule has 1 aliphatic rings. The Bertz CT molecular complexity index is 550. The summed E-state index contributed by atoms with van der Waals surface area (Å²) < 4.78 is 0.623. The van der Waals surface area contributed by atoms with Crippen LogP contribution in [-0.2, 0) is 4.79 Å². The number of rotatable bonds is 1. The molecule has 0 radical (unpaired) electrons. The van der Waals surface area contributed by atoms with E-state index in [1.54, 1.807) is 0 Å². The summed E-state index contributed by atoms with van der Waals surface area (Å²) in [4.78, 5) is 12.1. The van der Waals surface area contributed by atoms with Crippen LogP contribution in [0.2, 0.25) is 0 Å². The average Bonchev–Trinajstić information content (AvgIpc) is 2.38. The molecule has 2 rings (SSSR count). The largest absolute Gasteiger partial charge is 0.510 e. The number of carbonyl (C=O) groups is 1. The summed E-state index contributed by atoms with van der Waals surface area (Å²) in [7, 11) is 0. The van der Waals surface area contributed by atoms with Gasteiger partial charge in [-0.25, -0.2) is 0 Å². The minimum Gasteiger partial charge on any atom is -0.510 e. The lowest BCUT2D eigenvalue weighted by Crippen LogP contribution is -2.14. The van der Waals surface area contributed by atoms with Gasteiger partial charge in [-0.15, -0.1) is 0 Å². The number of aryl methyl sites for hydroxylation is 2. The van der Waals surface area contributed by atoms with E-state index in [0.717, 1.165) is 20.3 Å². The molecule has 0 aromatic heterocycles. The molecule has 1 heterocycles. The summed E-state index contributed by atoms with van der Waals surface area (Å²) in [6.45, 7) is 7.70. The van der Waals surface area contributed by atoms with Crippen molar-refractivity contribution in [3.8, 4) is 0 Å². The summed E-state index contributed by atoms with van der Waals surface area (Å²) in [5, 5.41) is 10.3. The summed E-state index contributed by atoms with van der Waals surface area (Å²) in [5.41, 5.74) is 3.44. The third kappa shape index (κ3) is 2.20. The predicted octanol–water partition coefficient (Wildman–Crippen LogP) is 4.23. The second-order valence-corrected chi connectivity index (χ2v) is 7.88. The van der Waals surface area contributed by atoms with Crippen molar-refractivity contribution in [2.24, 2.45) is 0 Å². The summed E-state index contributed by atoms with van der Waals surface area (Å²) >= 11 is 3.45. The molecule has 0 fully saturated rings. The maximum atomic E-state index is 12.1. The maximum Gasteiger partial charge on any atom is 0.224 e. The van der Waals surface area contributed by atoms with Crippen molar-refractivity contribution >= 4 is 45.0 Å². The highest BCUT2D eigenvalue weighted by atomic mass is 127. The van der Waals surface area contributed by atoms with Crippen LogP contribution in [-0.4, -0.2) is 15.0 Å². The van der Waals surface area contributed by atoms with Gasteiger partial charge in [-0.05, 0) is 79.1 Å². The molecule has 1 aromatic carbocycles. The zero-order valence-electron chi connectivity index (χ0n) is 10.8. The lowest BCUT2D eigenvalue weighted by atomic mass is 9.93. The van der Waals surface area contributed by atoms with Gasteiger partial charge in [0, 0.05) is 3.57 Å². The molecular weight excluding hydrogens is 359 g/mol. The van der Waals surface area contributed by atoms with Gasteiger partial charge in [0.05, 0.1) is 10.3 Å². The van der Waals surface area contributed by atoms with Crippen LogP contribution in [0.1, 0.15) is 30.5 Å². The number of hydrogen-bond acceptors (Lipinski definition) is 3. The van der Waals surface area contributed by atoms with Gasteiger partial charge in [-0.3, -0.25) is 4.79 Å². The molecule has 96 valence electrons. The molecule has 0 spiro atoms. The number of carbonyl (C=O) groups excluding carboxylic acids is 1. The summed E-state index contributed by atoms with van der Waals surface area (Å²) in [6, 6.07) is 4.07. The fraction of sp³-hybridized carbons (Fsp3) is 0.357. The molecule has 0 bridgehead atoms. The van der Waals surface area contributed by atoms with Crippen molar-refractivity contribution < 1.29 is 9.90 Å². The third-order valence-corrected chi connectivity index (χ3v) is 4.82. The van der Waals surface area contributed by atoms with E-state index in [-0.39, 0.29) is 10.9 Å². The molecule has 4 heteroatoms. The van der Waals surface area contributed by atoms with Gasteiger partial charge < -0.3 is 5.11 Å². The van der Waals surface area contributed by atoms with Gasteiger partial charge in [0.25, 0.3) is 0 Å². The minimum atomic E-state index is -0.520.